The number of hydrogen-bond donors (Lipinski definition) is 1. The van der Waals surface area contributed by atoms with Gasteiger partial charge in [-0.15, -0.1) is 6.58 Å². The lowest BCUT2D eigenvalue weighted by molar-refractivity contribution is -0.130. The van der Waals surface area contributed by atoms with Crippen LogP contribution >= 0.6 is 0 Å². The Morgan fingerprint density at radius 1 is 1.24 bits per heavy atom. The minimum atomic E-state index is -0.959. The van der Waals surface area contributed by atoms with Gasteiger partial charge < -0.3 is 10.1 Å². The Morgan fingerprint density at radius 2 is 1.93 bits per heavy atom. The standard InChI is InChI=1S/C22H26N2O5/c1-4-11-24-20(26)16-10-9-15(12-17(16)21(24)27)22(28)29-14(3)19(25)23-18-8-6-5-7-13(18)2/h4,9-10,12-14,18H,1,5-8,11H2,2-3H3,(H,23,25)/t13-,14-,18+/m1/s1. The fourth-order valence-electron chi connectivity index (χ4n) is 3.83. The van der Waals surface area contributed by atoms with Gasteiger partial charge in [-0.2, -0.15) is 0 Å². The second-order valence-corrected chi connectivity index (χ2v) is 7.69. The van der Waals surface area contributed by atoms with Crippen LogP contribution in [0.25, 0.3) is 0 Å². The Labute approximate surface area is 170 Å². The molecule has 3 amide bonds. The molecule has 1 heterocycles. The maximum atomic E-state index is 12.5. The molecule has 0 spiro atoms. The molecule has 1 saturated carbocycles. The summed E-state index contributed by atoms with van der Waals surface area (Å²) in [5, 5.41) is 2.97. The maximum Gasteiger partial charge on any atom is 0.338 e. The van der Waals surface area contributed by atoms with Crippen molar-refractivity contribution in [2.75, 3.05) is 6.54 Å². The molecule has 1 aromatic carbocycles. The molecule has 7 nitrogen and oxygen atoms in total. The lowest BCUT2D eigenvalue weighted by Gasteiger charge is -2.30. The Hall–Kier alpha value is -2.96. The average molecular weight is 398 g/mol. The Bertz CT molecular complexity index is 863. The van der Waals surface area contributed by atoms with Crippen molar-refractivity contribution in [1.29, 1.82) is 0 Å². The molecule has 1 N–H and O–H groups in total. The minimum Gasteiger partial charge on any atom is -0.449 e. The number of carbonyl (C=O) groups is 4. The molecule has 0 aromatic heterocycles. The number of ether oxygens (including phenoxy) is 1. The van der Waals surface area contributed by atoms with Crippen LogP contribution in [0, 0.1) is 5.92 Å². The Kier molecular flexibility index (Phi) is 6.15. The number of nitrogens with one attached hydrogen (secondary N) is 1. The first kappa shape index (κ1) is 20.8. The summed E-state index contributed by atoms with van der Waals surface area (Å²) in [7, 11) is 0. The van der Waals surface area contributed by atoms with Gasteiger partial charge in [-0.05, 0) is 43.9 Å². The molecular formula is C22H26N2O5. The summed E-state index contributed by atoms with van der Waals surface area (Å²) in [6.45, 7) is 7.27. The highest BCUT2D eigenvalue weighted by Gasteiger charge is 2.35. The number of benzene rings is 1. The van der Waals surface area contributed by atoms with Gasteiger partial charge in [0.2, 0.25) is 0 Å². The van der Waals surface area contributed by atoms with E-state index in [1.54, 1.807) is 0 Å². The number of fused-ring (bicyclic) bond motifs is 1. The van der Waals surface area contributed by atoms with Gasteiger partial charge in [0.05, 0.1) is 16.7 Å². The molecule has 2 aliphatic rings. The minimum absolute atomic E-state index is 0.0943. The molecule has 29 heavy (non-hydrogen) atoms. The fraction of sp³-hybridized carbons (Fsp3) is 0.455. The van der Waals surface area contributed by atoms with Gasteiger partial charge in [0.25, 0.3) is 17.7 Å². The predicted octanol–water partition coefficient (Wildman–Crippen LogP) is 2.71. The summed E-state index contributed by atoms with van der Waals surface area (Å²) in [4.78, 5) is 50.6. The highest BCUT2D eigenvalue weighted by atomic mass is 16.5. The van der Waals surface area contributed by atoms with Crippen molar-refractivity contribution in [1.82, 2.24) is 10.2 Å². The van der Waals surface area contributed by atoms with Crippen molar-refractivity contribution in [2.45, 2.75) is 51.7 Å². The molecule has 0 radical (unpaired) electrons. The van der Waals surface area contributed by atoms with Crippen molar-refractivity contribution in [3.05, 3.63) is 47.5 Å². The number of amides is 3. The van der Waals surface area contributed by atoms with Gasteiger partial charge in [0.15, 0.2) is 6.10 Å². The molecule has 3 rings (SSSR count). The Morgan fingerprint density at radius 3 is 2.62 bits per heavy atom. The van der Waals surface area contributed by atoms with Crippen LogP contribution in [0.15, 0.2) is 30.9 Å². The van der Waals surface area contributed by atoms with Gasteiger partial charge >= 0.3 is 5.97 Å². The van der Waals surface area contributed by atoms with Crippen LogP contribution < -0.4 is 5.32 Å². The number of hydrogen-bond acceptors (Lipinski definition) is 5. The van der Waals surface area contributed by atoms with Gasteiger partial charge in [-0.3, -0.25) is 19.3 Å². The zero-order chi connectivity index (χ0) is 21.1. The highest BCUT2D eigenvalue weighted by molar-refractivity contribution is 6.22. The zero-order valence-electron chi connectivity index (χ0n) is 16.8. The molecule has 1 aliphatic carbocycles. The second-order valence-electron chi connectivity index (χ2n) is 7.69. The van der Waals surface area contributed by atoms with Crippen molar-refractivity contribution in [2.24, 2.45) is 5.92 Å². The molecule has 0 saturated heterocycles. The van der Waals surface area contributed by atoms with Crippen LogP contribution in [-0.2, 0) is 9.53 Å². The van der Waals surface area contributed by atoms with E-state index in [0.717, 1.165) is 24.2 Å². The summed E-state index contributed by atoms with van der Waals surface area (Å²) < 4.78 is 5.29. The van der Waals surface area contributed by atoms with Crippen molar-refractivity contribution < 1.29 is 23.9 Å². The van der Waals surface area contributed by atoms with Crippen molar-refractivity contribution in [3.63, 3.8) is 0 Å². The zero-order valence-corrected chi connectivity index (χ0v) is 16.8. The number of esters is 1. The third-order valence-corrected chi connectivity index (χ3v) is 5.61. The largest absolute Gasteiger partial charge is 0.449 e. The van der Waals surface area contributed by atoms with E-state index in [-0.39, 0.29) is 35.2 Å². The van der Waals surface area contributed by atoms with Crippen molar-refractivity contribution in [3.8, 4) is 0 Å². The summed E-state index contributed by atoms with van der Waals surface area (Å²) in [5.74, 6) is -1.54. The molecule has 1 aromatic rings. The number of imide groups is 1. The van der Waals surface area contributed by atoms with Crippen LogP contribution in [0.5, 0.6) is 0 Å². The first-order valence-corrected chi connectivity index (χ1v) is 9.96. The van der Waals surface area contributed by atoms with Crippen LogP contribution in [0.4, 0.5) is 0 Å². The normalized spacial score (nSPS) is 22.1. The second kappa shape index (κ2) is 8.59. The van der Waals surface area contributed by atoms with Gasteiger partial charge in [-0.1, -0.05) is 25.8 Å². The molecule has 1 aliphatic heterocycles. The first-order chi connectivity index (χ1) is 13.8. The van der Waals surface area contributed by atoms with E-state index in [4.69, 9.17) is 4.74 Å². The van der Waals surface area contributed by atoms with Gasteiger partial charge in [0.1, 0.15) is 0 Å². The van der Waals surface area contributed by atoms with Crippen LogP contribution in [0.2, 0.25) is 0 Å². The van der Waals surface area contributed by atoms with Crippen molar-refractivity contribution >= 4 is 23.7 Å². The fourth-order valence-corrected chi connectivity index (χ4v) is 3.83. The average Bonchev–Trinajstić information content (AvgIpc) is 2.94. The molecular weight excluding hydrogens is 372 g/mol. The van der Waals surface area contributed by atoms with Crippen LogP contribution in [0.1, 0.15) is 70.6 Å². The smallest absolute Gasteiger partial charge is 0.338 e. The summed E-state index contributed by atoms with van der Waals surface area (Å²) in [6, 6.07) is 4.30. The van der Waals surface area contributed by atoms with E-state index < -0.39 is 23.9 Å². The van der Waals surface area contributed by atoms with E-state index >= 15 is 0 Å². The van der Waals surface area contributed by atoms with E-state index in [9.17, 15) is 19.2 Å². The maximum absolute atomic E-state index is 12.5. The third-order valence-electron chi connectivity index (χ3n) is 5.61. The van der Waals surface area contributed by atoms with E-state index in [0.29, 0.717) is 5.92 Å². The quantitative estimate of drug-likeness (QED) is 0.452. The Balaban J connectivity index is 1.65. The third kappa shape index (κ3) is 4.23. The van der Waals surface area contributed by atoms with E-state index in [1.165, 1.54) is 37.6 Å². The van der Waals surface area contributed by atoms with Gasteiger partial charge in [-0.25, -0.2) is 4.79 Å². The monoisotopic (exact) mass is 398 g/mol. The molecule has 1 fully saturated rings. The number of carbonyl (C=O) groups excluding carboxylic acids is 4. The highest BCUT2D eigenvalue weighted by Crippen LogP contribution is 2.25. The molecule has 0 bridgehead atoms. The first-order valence-electron chi connectivity index (χ1n) is 9.96. The van der Waals surface area contributed by atoms with E-state index in [1.807, 2.05) is 0 Å². The number of rotatable bonds is 6. The SMILES string of the molecule is C=CCN1C(=O)c2ccc(C(=O)O[C@H](C)C(=O)N[C@H]3CCCC[C@H]3C)cc2C1=O. The van der Waals surface area contributed by atoms with E-state index in [2.05, 4.69) is 18.8 Å². The van der Waals surface area contributed by atoms with Crippen LogP contribution in [-0.4, -0.2) is 47.3 Å². The van der Waals surface area contributed by atoms with Crippen LogP contribution in [0.3, 0.4) is 0 Å². The molecule has 0 unspecified atom stereocenters. The topological polar surface area (TPSA) is 92.8 Å². The number of nitrogens with zero attached hydrogens (tertiary/aromatic N) is 1. The summed E-state index contributed by atoms with van der Waals surface area (Å²) in [6.07, 6.45) is 4.75. The lowest BCUT2D eigenvalue weighted by atomic mass is 9.86. The van der Waals surface area contributed by atoms with Gasteiger partial charge in [0, 0.05) is 12.6 Å². The summed E-state index contributed by atoms with van der Waals surface area (Å²) in [5.41, 5.74) is 0.515. The summed E-state index contributed by atoms with van der Waals surface area (Å²) >= 11 is 0. The molecule has 154 valence electrons. The molecule has 7 heteroatoms. The lowest BCUT2D eigenvalue weighted by Crippen LogP contribution is -2.46. The predicted molar refractivity (Wildman–Crippen MR) is 106 cm³/mol. The molecule has 3 atom stereocenters.